The van der Waals surface area contributed by atoms with Gasteiger partial charge in [0.15, 0.2) is 0 Å². The minimum atomic E-state index is -0.469. The van der Waals surface area contributed by atoms with Gasteiger partial charge in [0.2, 0.25) is 0 Å². The van der Waals surface area contributed by atoms with Gasteiger partial charge in [-0.1, -0.05) is 25.5 Å². The Morgan fingerprint density at radius 2 is 1.88 bits per heavy atom. The van der Waals surface area contributed by atoms with E-state index in [9.17, 15) is 5.11 Å². The van der Waals surface area contributed by atoms with Crippen LogP contribution in [0.25, 0.3) is 0 Å². The zero-order valence-corrected chi connectivity index (χ0v) is 10.5. The number of hydrogen-bond donors (Lipinski definition) is 2. The monoisotopic (exact) mass is 245 g/mol. The minimum absolute atomic E-state index is 0. The van der Waals surface area contributed by atoms with Crippen molar-refractivity contribution in [3.05, 3.63) is 29.8 Å². The second-order valence-electron chi connectivity index (χ2n) is 3.65. The summed E-state index contributed by atoms with van der Waals surface area (Å²) in [4.78, 5) is 0. The van der Waals surface area contributed by atoms with Gasteiger partial charge < -0.3 is 15.6 Å². The van der Waals surface area contributed by atoms with Crippen LogP contribution in [0.5, 0.6) is 5.75 Å². The van der Waals surface area contributed by atoms with Gasteiger partial charge in [0.25, 0.3) is 0 Å². The van der Waals surface area contributed by atoms with E-state index in [0.717, 1.165) is 24.2 Å². The summed E-state index contributed by atoms with van der Waals surface area (Å²) in [6.07, 6.45) is 1.20. The molecule has 3 nitrogen and oxygen atoms in total. The number of aliphatic hydroxyl groups excluding tert-OH is 1. The zero-order valence-electron chi connectivity index (χ0n) is 9.72. The average molecular weight is 246 g/mol. The van der Waals surface area contributed by atoms with E-state index in [0.29, 0.717) is 0 Å². The molecular weight excluding hydrogens is 226 g/mol. The Morgan fingerprint density at radius 1 is 1.31 bits per heavy atom. The fraction of sp³-hybridized carbons (Fsp3) is 0.500. The highest BCUT2D eigenvalue weighted by atomic mass is 35.5. The first-order valence-corrected chi connectivity index (χ1v) is 5.26. The molecule has 0 spiro atoms. The fourth-order valence-corrected chi connectivity index (χ4v) is 1.52. The third-order valence-corrected chi connectivity index (χ3v) is 2.50. The number of nitrogens with two attached hydrogens (primary N) is 1. The summed E-state index contributed by atoms with van der Waals surface area (Å²) >= 11 is 0. The molecule has 2 atom stereocenters. The molecule has 0 bridgehead atoms. The fourth-order valence-electron chi connectivity index (χ4n) is 1.52. The van der Waals surface area contributed by atoms with E-state index in [2.05, 4.69) is 0 Å². The van der Waals surface area contributed by atoms with Crippen molar-refractivity contribution in [1.82, 2.24) is 0 Å². The molecule has 0 unspecified atom stereocenters. The molecule has 0 amide bonds. The van der Waals surface area contributed by atoms with Crippen molar-refractivity contribution >= 4 is 12.4 Å². The van der Waals surface area contributed by atoms with Gasteiger partial charge in [0.05, 0.1) is 19.3 Å². The number of benzene rings is 1. The van der Waals surface area contributed by atoms with E-state index in [-0.39, 0.29) is 18.4 Å². The maximum absolute atomic E-state index is 9.74. The summed E-state index contributed by atoms with van der Waals surface area (Å²) in [5.74, 6) is 0.802. The highest BCUT2D eigenvalue weighted by molar-refractivity contribution is 5.85. The number of rotatable bonds is 5. The van der Waals surface area contributed by atoms with Crippen molar-refractivity contribution in [2.45, 2.75) is 31.9 Å². The molecule has 0 aliphatic carbocycles. The summed E-state index contributed by atoms with van der Waals surface area (Å²) in [6.45, 7) is 2.03. The van der Waals surface area contributed by atoms with Crippen LogP contribution in [0, 0.1) is 0 Å². The Balaban J connectivity index is 0.00000225. The maximum atomic E-state index is 9.74. The molecule has 1 aromatic carbocycles. The molecule has 0 fully saturated rings. The summed E-state index contributed by atoms with van der Waals surface area (Å²) in [5.41, 5.74) is 6.87. The molecule has 0 saturated carbocycles. The average Bonchev–Trinajstić information content (AvgIpc) is 2.28. The third-order valence-electron chi connectivity index (χ3n) is 2.50. The summed E-state index contributed by atoms with van der Waals surface area (Å²) < 4.78 is 5.05. The Labute approximate surface area is 103 Å². The normalized spacial score (nSPS) is 13.8. The van der Waals surface area contributed by atoms with Crippen molar-refractivity contribution in [2.75, 3.05) is 7.11 Å². The standard InChI is InChI=1S/C12H19NO2.ClH/c1-3-4-11(14)12(13)9-5-7-10(15-2)8-6-9;/h5-8,11-12,14H,3-4,13H2,1-2H3;1H/t11-,12+;/m1./s1. The third kappa shape index (κ3) is 4.00. The molecular formula is C12H20ClNO2. The SMILES string of the molecule is CCC[C@@H](O)[C@@H](N)c1ccc(OC)cc1.Cl. The molecule has 1 rings (SSSR count). The van der Waals surface area contributed by atoms with Crippen LogP contribution in [-0.4, -0.2) is 18.3 Å². The molecule has 0 heterocycles. The second kappa shape index (κ2) is 7.49. The van der Waals surface area contributed by atoms with Crippen LogP contribution in [0.2, 0.25) is 0 Å². The lowest BCUT2D eigenvalue weighted by atomic mass is 9.99. The van der Waals surface area contributed by atoms with Crippen LogP contribution in [0.1, 0.15) is 31.4 Å². The van der Waals surface area contributed by atoms with Crippen LogP contribution >= 0.6 is 12.4 Å². The molecule has 16 heavy (non-hydrogen) atoms. The predicted octanol–water partition coefficient (Wildman–Crippen LogP) is 2.28. The molecule has 0 saturated heterocycles. The van der Waals surface area contributed by atoms with Gasteiger partial charge in [-0.2, -0.15) is 0 Å². The van der Waals surface area contributed by atoms with E-state index in [4.69, 9.17) is 10.5 Å². The first-order chi connectivity index (χ1) is 7.19. The lowest BCUT2D eigenvalue weighted by Crippen LogP contribution is -2.25. The van der Waals surface area contributed by atoms with Crippen LogP contribution in [0.4, 0.5) is 0 Å². The van der Waals surface area contributed by atoms with Gasteiger partial charge in [0.1, 0.15) is 5.75 Å². The van der Waals surface area contributed by atoms with Crippen molar-refractivity contribution in [1.29, 1.82) is 0 Å². The van der Waals surface area contributed by atoms with Crippen molar-refractivity contribution < 1.29 is 9.84 Å². The van der Waals surface area contributed by atoms with Crippen LogP contribution < -0.4 is 10.5 Å². The van der Waals surface area contributed by atoms with E-state index in [1.807, 2.05) is 31.2 Å². The number of aliphatic hydroxyl groups is 1. The number of methoxy groups -OCH3 is 1. The Morgan fingerprint density at radius 3 is 2.31 bits per heavy atom. The van der Waals surface area contributed by atoms with Crippen LogP contribution in [0.15, 0.2) is 24.3 Å². The lowest BCUT2D eigenvalue weighted by Gasteiger charge is -2.18. The second-order valence-corrected chi connectivity index (χ2v) is 3.65. The largest absolute Gasteiger partial charge is 0.497 e. The number of halogens is 1. The van der Waals surface area contributed by atoms with Gasteiger partial charge in [-0.05, 0) is 24.1 Å². The smallest absolute Gasteiger partial charge is 0.118 e. The minimum Gasteiger partial charge on any atom is -0.497 e. The molecule has 4 heteroatoms. The Kier molecular flexibility index (Phi) is 7.13. The van der Waals surface area contributed by atoms with Crippen LogP contribution in [0.3, 0.4) is 0 Å². The molecule has 3 N–H and O–H groups in total. The molecule has 0 aliphatic rings. The maximum Gasteiger partial charge on any atom is 0.118 e. The van der Waals surface area contributed by atoms with E-state index >= 15 is 0 Å². The van der Waals surface area contributed by atoms with Gasteiger partial charge in [-0.15, -0.1) is 12.4 Å². The Bertz CT molecular complexity index is 290. The topological polar surface area (TPSA) is 55.5 Å². The summed E-state index contributed by atoms with van der Waals surface area (Å²) in [5, 5.41) is 9.74. The van der Waals surface area contributed by atoms with Crippen molar-refractivity contribution in [3.8, 4) is 5.75 Å². The molecule has 92 valence electrons. The highest BCUT2D eigenvalue weighted by Gasteiger charge is 2.15. The first kappa shape index (κ1) is 15.2. The zero-order chi connectivity index (χ0) is 11.3. The highest BCUT2D eigenvalue weighted by Crippen LogP contribution is 2.20. The summed E-state index contributed by atoms with van der Waals surface area (Å²) in [6, 6.07) is 7.18. The Hall–Kier alpha value is -0.770. The molecule has 0 aromatic heterocycles. The van der Waals surface area contributed by atoms with Crippen LogP contribution in [-0.2, 0) is 0 Å². The molecule has 1 aromatic rings. The first-order valence-electron chi connectivity index (χ1n) is 5.26. The predicted molar refractivity (Wildman–Crippen MR) is 68.1 cm³/mol. The summed E-state index contributed by atoms with van der Waals surface area (Å²) in [7, 11) is 1.63. The number of ether oxygens (including phenoxy) is 1. The molecule has 0 aliphatic heterocycles. The van der Waals surface area contributed by atoms with E-state index in [1.54, 1.807) is 7.11 Å². The van der Waals surface area contributed by atoms with E-state index in [1.165, 1.54) is 0 Å². The van der Waals surface area contributed by atoms with Gasteiger partial charge in [-0.25, -0.2) is 0 Å². The lowest BCUT2D eigenvalue weighted by molar-refractivity contribution is 0.134. The van der Waals surface area contributed by atoms with Gasteiger partial charge >= 0.3 is 0 Å². The van der Waals surface area contributed by atoms with E-state index < -0.39 is 6.10 Å². The quantitative estimate of drug-likeness (QED) is 0.837. The van der Waals surface area contributed by atoms with Crippen molar-refractivity contribution in [3.63, 3.8) is 0 Å². The van der Waals surface area contributed by atoms with Gasteiger partial charge in [-0.3, -0.25) is 0 Å². The number of hydrogen-bond acceptors (Lipinski definition) is 3. The van der Waals surface area contributed by atoms with Crippen molar-refractivity contribution in [2.24, 2.45) is 5.73 Å². The molecule has 0 radical (unpaired) electrons. The van der Waals surface area contributed by atoms with Gasteiger partial charge in [0, 0.05) is 0 Å².